The standard InChI is InChI=1S/C14H12FN3/c1-9-6-11(17)3-5-13(9)18-14-4-2-10(8-16)7-12(14)15/h2-7,18H,17H2,1H3. The van der Waals surface area contributed by atoms with Gasteiger partial charge in [-0.1, -0.05) is 0 Å². The van der Waals surface area contributed by atoms with Crippen molar-refractivity contribution < 1.29 is 4.39 Å². The van der Waals surface area contributed by atoms with Gasteiger partial charge in [-0.3, -0.25) is 0 Å². The van der Waals surface area contributed by atoms with Crippen molar-refractivity contribution in [2.45, 2.75) is 6.92 Å². The molecule has 0 fully saturated rings. The molecule has 0 saturated carbocycles. The van der Waals surface area contributed by atoms with Gasteiger partial charge in [-0.2, -0.15) is 5.26 Å². The summed E-state index contributed by atoms with van der Waals surface area (Å²) in [4.78, 5) is 0. The summed E-state index contributed by atoms with van der Waals surface area (Å²) in [7, 11) is 0. The molecule has 2 rings (SSSR count). The van der Waals surface area contributed by atoms with E-state index in [-0.39, 0.29) is 0 Å². The molecular formula is C14H12FN3. The van der Waals surface area contributed by atoms with Crippen LogP contribution in [0, 0.1) is 24.1 Å². The first kappa shape index (κ1) is 11.9. The molecule has 3 nitrogen and oxygen atoms in total. The number of rotatable bonds is 2. The van der Waals surface area contributed by atoms with Gasteiger partial charge in [0, 0.05) is 11.4 Å². The van der Waals surface area contributed by atoms with Gasteiger partial charge in [0.05, 0.1) is 17.3 Å². The van der Waals surface area contributed by atoms with Gasteiger partial charge in [-0.25, -0.2) is 4.39 Å². The van der Waals surface area contributed by atoms with Crippen LogP contribution in [-0.2, 0) is 0 Å². The zero-order valence-corrected chi connectivity index (χ0v) is 9.87. The molecular weight excluding hydrogens is 229 g/mol. The molecule has 0 spiro atoms. The van der Waals surface area contributed by atoms with E-state index in [0.717, 1.165) is 11.3 Å². The van der Waals surface area contributed by atoms with Crippen molar-refractivity contribution in [2.24, 2.45) is 0 Å². The highest BCUT2D eigenvalue weighted by Crippen LogP contribution is 2.24. The summed E-state index contributed by atoms with van der Waals surface area (Å²) in [6, 6.07) is 11.6. The van der Waals surface area contributed by atoms with Gasteiger partial charge in [0.1, 0.15) is 5.82 Å². The minimum absolute atomic E-state index is 0.298. The van der Waals surface area contributed by atoms with Crippen LogP contribution in [0.4, 0.5) is 21.5 Å². The molecule has 90 valence electrons. The van der Waals surface area contributed by atoms with Crippen LogP contribution in [0.2, 0.25) is 0 Å². The fourth-order valence-corrected chi connectivity index (χ4v) is 1.66. The second-order valence-electron chi connectivity index (χ2n) is 4.01. The minimum Gasteiger partial charge on any atom is -0.399 e. The predicted octanol–water partition coefficient (Wildman–Crippen LogP) is 3.33. The number of halogens is 1. The third-order valence-corrected chi connectivity index (χ3v) is 2.62. The minimum atomic E-state index is -0.453. The van der Waals surface area contributed by atoms with E-state index < -0.39 is 5.82 Å². The molecule has 0 radical (unpaired) electrons. The average molecular weight is 241 g/mol. The Morgan fingerprint density at radius 1 is 1.17 bits per heavy atom. The summed E-state index contributed by atoms with van der Waals surface area (Å²) in [6.45, 7) is 1.89. The number of hydrogen-bond acceptors (Lipinski definition) is 3. The first-order valence-electron chi connectivity index (χ1n) is 5.43. The molecule has 4 heteroatoms. The molecule has 0 aliphatic carbocycles. The molecule has 0 atom stereocenters. The van der Waals surface area contributed by atoms with Gasteiger partial charge in [0.2, 0.25) is 0 Å². The molecule has 0 bridgehead atoms. The van der Waals surface area contributed by atoms with Gasteiger partial charge in [0.15, 0.2) is 0 Å². The molecule has 0 unspecified atom stereocenters. The van der Waals surface area contributed by atoms with Crippen LogP contribution in [-0.4, -0.2) is 0 Å². The number of aryl methyl sites for hydroxylation is 1. The Balaban J connectivity index is 2.32. The van der Waals surface area contributed by atoms with Crippen molar-refractivity contribution in [3.8, 4) is 6.07 Å². The van der Waals surface area contributed by atoms with E-state index in [0.29, 0.717) is 16.9 Å². The van der Waals surface area contributed by atoms with E-state index in [9.17, 15) is 4.39 Å². The lowest BCUT2D eigenvalue weighted by molar-refractivity contribution is 0.631. The Hall–Kier alpha value is -2.54. The van der Waals surface area contributed by atoms with E-state index in [1.165, 1.54) is 6.07 Å². The molecule has 0 amide bonds. The summed E-state index contributed by atoms with van der Waals surface area (Å²) in [5.41, 5.74) is 8.66. The maximum absolute atomic E-state index is 13.7. The summed E-state index contributed by atoms with van der Waals surface area (Å²) < 4.78 is 13.7. The molecule has 2 aromatic rings. The SMILES string of the molecule is Cc1cc(N)ccc1Nc1ccc(C#N)cc1F. The smallest absolute Gasteiger partial charge is 0.147 e. The lowest BCUT2D eigenvalue weighted by Gasteiger charge is -2.11. The lowest BCUT2D eigenvalue weighted by atomic mass is 10.1. The molecule has 0 heterocycles. The quantitative estimate of drug-likeness (QED) is 0.793. The zero-order chi connectivity index (χ0) is 13.1. The van der Waals surface area contributed by atoms with Crippen LogP contribution < -0.4 is 11.1 Å². The van der Waals surface area contributed by atoms with Crippen molar-refractivity contribution in [3.05, 3.63) is 53.3 Å². The third-order valence-electron chi connectivity index (χ3n) is 2.62. The monoisotopic (exact) mass is 241 g/mol. The molecule has 0 aliphatic rings. The van der Waals surface area contributed by atoms with Gasteiger partial charge >= 0.3 is 0 Å². The van der Waals surface area contributed by atoms with Crippen molar-refractivity contribution in [2.75, 3.05) is 11.1 Å². The predicted molar refractivity (Wildman–Crippen MR) is 70.0 cm³/mol. The van der Waals surface area contributed by atoms with Crippen molar-refractivity contribution >= 4 is 17.1 Å². The number of benzene rings is 2. The Labute approximate surface area is 105 Å². The fourth-order valence-electron chi connectivity index (χ4n) is 1.66. The maximum Gasteiger partial charge on any atom is 0.147 e. The summed E-state index contributed by atoms with van der Waals surface area (Å²) in [6.07, 6.45) is 0. The summed E-state index contributed by atoms with van der Waals surface area (Å²) in [5.74, 6) is -0.453. The number of nitrogens with two attached hydrogens (primary N) is 1. The highest BCUT2D eigenvalue weighted by molar-refractivity contribution is 5.66. The second kappa shape index (κ2) is 4.76. The van der Waals surface area contributed by atoms with E-state index in [4.69, 9.17) is 11.0 Å². The Bertz CT molecular complexity index is 629. The van der Waals surface area contributed by atoms with Crippen molar-refractivity contribution in [1.82, 2.24) is 0 Å². The van der Waals surface area contributed by atoms with Crippen molar-refractivity contribution in [3.63, 3.8) is 0 Å². The van der Waals surface area contributed by atoms with Crippen LogP contribution >= 0.6 is 0 Å². The van der Waals surface area contributed by atoms with Crippen LogP contribution in [0.15, 0.2) is 36.4 Å². The van der Waals surface area contributed by atoms with E-state index >= 15 is 0 Å². The third kappa shape index (κ3) is 2.41. The molecule has 3 N–H and O–H groups in total. The average Bonchev–Trinajstić information content (AvgIpc) is 2.34. The van der Waals surface area contributed by atoms with E-state index in [1.54, 1.807) is 24.3 Å². The Kier molecular flexibility index (Phi) is 3.16. The van der Waals surface area contributed by atoms with Crippen LogP contribution in [0.5, 0.6) is 0 Å². The topological polar surface area (TPSA) is 61.8 Å². The van der Waals surface area contributed by atoms with E-state index in [2.05, 4.69) is 5.32 Å². The van der Waals surface area contributed by atoms with Gasteiger partial charge in [-0.05, 0) is 48.9 Å². The zero-order valence-electron chi connectivity index (χ0n) is 9.87. The summed E-state index contributed by atoms with van der Waals surface area (Å²) in [5, 5.41) is 11.6. The normalized spacial score (nSPS) is 9.83. The molecule has 2 aromatic carbocycles. The number of nitrogen functional groups attached to an aromatic ring is 1. The number of nitrogens with one attached hydrogen (secondary N) is 1. The second-order valence-corrected chi connectivity index (χ2v) is 4.01. The molecule has 0 aliphatic heterocycles. The number of hydrogen-bond donors (Lipinski definition) is 2. The van der Waals surface area contributed by atoms with Crippen LogP contribution in [0.25, 0.3) is 0 Å². The number of nitriles is 1. The van der Waals surface area contributed by atoms with Crippen LogP contribution in [0.3, 0.4) is 0 Å². The number of nitrogens with zero attached hydrogens (tertiary/aromatic N) is 1. The Morgan fingerprint density at radius 2 is 1.89 bits per heavy atom. The summed E-state index contributed by atoms with van der Waals surface area (Å²) >= 11 is 0. The van der Waals surface area contributed by atoms with Gasteiger partial charge in [-0.15, -0.1) is 0 Å². The largest absolute Gasteiger partial charge is 0.399 e. The molecule has 18 heavy (non-hydrogen) atoms. The van der Waals surface area contributed by atoms with Gasteiger partial charge < -0.3 is 11.1 Å². The lowest BCUT2D eigenvalue weighted by Crippen LogP contribution is -1.97. The van der Waals surface area contributed by atoms with E-state index in [1.807, 2.05) is 19.1 Å². The first-order chi connectivity index (χ1) is 8.60. The molecule has 0 saturated heterocycles. The highest BCUT2D eigenvalue weighted by atomic mass is 19.1. The Morgan fingerprint density at radius 3 is 2.50 bits per heavy atom. The molecule has 0 aromatic heterocycles. The first-order valence-corrected chi connectivity index (χ1v) is 5.43. The van der Waals surface area contributed by atoms with Crippen molar-refractivity contribution in [1.29, 1.82) is 5.26 Å². The number of anilines is 3. The van der Waals surface area contributed by atoms with Crippen LogP contribution in [0.1, 0.15) is 11.1 Å². The van der Waals surface area contributed by atoms with Gasteiger partial charge in [0.25, 0.3) is 0 Å². The fraction of sp³-hybridized carbons (Fsp3) is 0.0714. The maximum atomic E-state index is 13.7. The highest BCUT2D eigenvalue weighted by Gasteiger charge is 2.05.